The monoisotopic (exact) mass is 527 g/mol. The number of ether oxygens (including phenoxy) is 2. The summed E-state index contributed by atoms with van der Waals surface area (Å²) in [5.74, 6) is 1.23. The number of nitrogens with one attached hydrogen (secondary N) is 3. The highest BCUT2D eigenvalue weighted by Crippen LogP contribution is 2.16. The first kappa shape index (κ1) is 28.2. The molecule has 0 aromatic carbocycles. The van der Waals surface area contributed by atoms with Crippen LogP contribution in [-0.4, -0.2) is 81.1 Å². The number of morpholine rings is 1. The van der Waals surface area contributed by atoms with E-state index in [1.807, 2.05) is 6.92 Å². The Morgan fingerprint density at radius 2 is 1.86 bits per heavy atom. The standard InChI is InChI=1S/C20H41N5O3.HI/c1-7-21-18(23-15-20(5,6)25-9-11-27-12-10-25)22-14-17(13-16(3)4)24-19(26)28-8-2;/h16-17H,7-15H2,1-6H3,(H,24,26)(H2,21,22,23);1H. The van der Waals surface area contributed by atoms with Crippen molar-refractivity contribution in [2.75, 3.05) is 52.5 Å². The second-order valence-corrected chi connectivity index (χ2v) is 8.18. The molecule has 8 nitrogen and oxygen atoms in total. The smallest absolute Gasteiger partial charge is 0.407 e. The summed E-state index contributed by atoms with van der Waals surface area (Å²) in [6.07, 6.45) is 0.496. The molecule has 0 aromatic rings. The van der Waals surface area contributed by atoms with Crippen molar-refractivity contribution in [1.82, 2.24) is 20.9 Å². The topological polar surface area (TPSA) is 87.2 Å². The Hall–Kier alpha value is -0.810. The first-order valence-electron chi connectivity index (χ1n) is 10.6. The zero-order valence-corrected chi connectivity index (χ0v) is 21.4. The van der Waals surface area contributed by atoms with Gasteiger partial charge in [-0.2, -0.15) is 0 Å². The van der Waals surface area contributed by atoms with E-state index in [-0.39, 0.29) is 41.7 Å². The second-order valence-electron chi connectivity index (χ2n) is 8.18. The van der Waals surface area contributed by atoms with E-state index in [1.165, 1.54) is 0 Å². The van der Waals surface area contributed by atoms with E-state index in [9.17, 15) is 4.79 Å². The molecule has 3 N–H and O–H groups in total. The van der Waals surface area contributed by atoms with Crippen LogP contribution in [0.2, 0.25) is 0 Å². The predicted molar refractivity (Wildman–Crippen MR) is 129 cm³/mol. The summed E-state index contributed by atoms with van der Waals surface area (Å²) in [5.41, 5.74) is -0.0351. The normalized spacial score (nSPS) is 16.7. The van der Waals surface area contributed by atoms with Crippen molar-refractivity contribution in [3.05, 3.63) is 0 Å². The van der Waals surface area contributed by atoms with Crippen LogP contribution in [0.25, 0.3) is 0 Å². The maximum atomic E-state index is 11.8. The van der Waals surface area contributed by atoms with Crippen LogP contribution in [-0.2, 0) is 9.47 Å². The molecule has 1 aliphatic heterocycles. The molecule has 0 aliphatic carbocycles. The molecule has 1 saturated heterocycles. The van der Waals surface area contributed by atoms with Gasteiger partial charge in [-0.3, -0.25) is 9.89 Å². The molecule has 0 aromatic heterocycles. The van der Waals surface area contributed by atoms with Crippen LogP contribution in [0, 0.1) is 5.92 Å². The highest BCUT2D eigenvalue weighted by atomic mass is 127. The highest BCUT2D eigenvalue weighted by Gasteiger charge is 2.28. The summed E-state index contributed by atoms with van der Waals surface area (Å²) < 4.78 is 10.5. The molecule has 0 bridgehead atoms. The fourth-order valence-electron chi connectivity index (χ4n) is 3.20. The molecule has 1 rings (SSSR count). The molecule has 0 saturated carbocycles. The number of carbonyl (C=O) groups is 1. The van der Waals surface area contributed by atoms with Crippen LogP contribution in [0.5, 0.6) is 0 Å². The largest absolute Gasteiger partial charge is 0.450 e. The predicted octanol–water partition coefficient (Wildman–Crippen LogP) is 2.43. The number of alkyl carbamates (subject to hydrolysis) is 1. The van der Waals surface area contributed by atoms with Crippen LogP contribution >= 0.6 is 24.0 Å². The number of guanidine groups is 1. The maximum absolute atomic E-state index is 11.8. The van der Waals surface area contributed by atoms with Crippen molar-refractivity contribution in [2.24, 2.45) is 10.9 Å². The summed E-state index contributed by atoms with van der Waals surface area (Å²) in [7, 11) is 0. The molecule has 172 valence electrons. The molecule has 1 atom stereocenters. The van der Waals surface area contributed by atoms with Crippen LogP contribution in [0.15, 0.2) is 4.99 Å². The highest BCUT2D eigenvalue weighted by molar-refractivity contribution is 14.0. The minimum absolute atomic E-state index is 0. The van der Waals surface area contributed by atoms with Crippen LogP contribution < -0.4 is 16.0 Å². The third kappa shape index (κ3) is 11.8. The van der Waals surface area contributed by atoms with Crippen LogP contribution in [0.4, 0.5) is 4.79 Å². The molecule has 29 heavy (non-hydrogen) atoms. The Bertz CT molecular complexity index is 483. The fourth-order valence-corrected chi connectivity index (χ4v) is 3.20. The summed E-state index contributed by atoms with van der Waals surface area (Å²) >= 11 is 0. The molecule has 0 radical (unpaired) electrons. The molecule has 1 aliphatic rings. The molecule has 1 amide bonds. The average molecular weight is 527 g/mol. The number of nitrogens with zero attached hydrogens (tertiary/aromatic N) is 2. The summed E-state index contributed by atoms with van der Waals surface area (Å²) in [6, 6.07) is -0.0184. The van der Waals surface area contributed by atoms with E-state index in [0.29, 0.717) is 25.6 Å². The van der Waals surface area contributed by atoms with Gasteiger partial charge >= 0.3 is 6.09 Å². The van der Waals surface area contributed by atoms with Crippen LogP contribution in [0.1, 0.15) is 48.0 Å². The molecule has 1 heterocycles. The van der Waals surface area contributed by atoms with E-state index in [4.69, 9.17) is 14.5 Å². The minimum Gasteiger partial charge on any atom is -0.450 e. The van der Waals surface area contributed by atoms with Gasteiger partial charge in [-0.1, -0.05) is 13.8 Å². The second kappa shape index (κ2) is 15.1. The van der Waals surface area contributed by atoms with Crippen molar-refractivity contribution < 1.29 is 14.3 Å². The van der Waals surface area contributed by atoms with Gasteiger partial charge in [0.05, 0.1) is 26.4 Å². The number of hydrogen-bond donors (Lipinski definition) is 3. The van der Waals surface area contributed by atoms with Gasteiger partial charge in [0.1, 0.15) is 0 Å². The van der Waals surface area contributed by atoms with E-state index in [1.54, 1.807) is 6.92 Å². The van der Waals surface area contributed by atoms with E-state index < -0.39 is 0 Å². The SMILES string of the molecule is CCNC(=NCC(C)(C)N1CCOCC1)NCC(CC(C)C)NC(=O)OCC.I. The van der Waals surface area contributed by atoms with E-state index >= 15 is 0 Å². The van der Waals surface area contributed by atoms with E-state index in [0.717, 1.165) is 45.2 Å². The molecule has 0 spiro atoms. The number of carbonyl (C=O) groups excluding carboxylic acids is 1. The van der Waals surface area contributed by atoms with Crippen molar-refractivity contribution >= 4 is 36.0 Å². The first-order chi connectivity index (χ1) is 13.3. The molecular formula is C20H42IN5O3. The van der Waals surface area contributed by atoms with Gasteiger partial charge in [0.25, 0.3) is 0 Å². The minimum atomic E-state index is -0.370. The van der Waals surface area contributed by atoms with Gasteiger partial charge in [0.15, 0.2) is 5.96 Å². The quantitative estimate of drug-likeness (QED) is 0.230. The number of hydrogen-bond acceptors (Lipinski definition) is 5. The summed E-state index contributed by atoms with van der Waals surface area (Å²) in [5, 5.41) is 9.61. The average Bonchev–Trinajstić information content (AvgIpc) is 2.64. The fraction of sp³-hybridized carbons (Fsp3) is 0.900. The number of amides is 1. The molecule has 1 unspecified atom stereocenters. The Balaban J connectivity index is 0.00000784. The first-order valence-corrected chi connectivity index (χ1v) is 10.6. The Morgan fingerprint density at radius 3 is 2.41 bits per heavy atom. The molecule has 9 heteroatoms. The van der Waals surface area contributed by atoms with Gasteiger partial charge in [0.2, 0.25) is 0 Å². The third-order valence-corrected chi connectivity index (χ3v) is 4.70. The van der Waals surface area contributed by atoms with Gasteiger partial charge < -0.3 is 25.4 Å². The Labute approximate surface area is 194 Å². The third-order valence-electron chi connectivity index (χ3n) is 4.70. The summed E-state index contributed by atoms with van der Waals surface area (Å²) in [4.78, 5) is 19.0. The zero-order chi connectivity index (χ0) is 21.0. The van der Waals surface area contributed by atoms with Gasteiger partial charge in [-0.15, -0.1) is 24.0 Å². The van der Waals surface area contributed by atoms with Crippen molar-refractivity contribution in [1.29, 1.82) is 0 Å². The number of halogens is 1. The lowest BCUT2D eigenvalue weighted by molar-refractivity contribution is -0.00683. The van der Waals surface area contributed by atoms with Crippen molar-refractivity contribution in [3.8, 4) is 0 Å². The number of aliphatic imine (C=N–C) groups is 1. The number of rotatable bonds is 10. The maximum Gasteiger partial charge on any atom is 0.407 e. The van der Waals surface area contributed by atoms with E-state index in [2.05, 4.69) is 48.5 Å². The van der Waals surface area contributed by atoms with Crippen molar-refractivity contribution in [3.63, 3.8) is 0 Å². The van der Waals surface area contributed by atoms with Gasteiger partial charge in [-0.25, -0.2) is 4.79 Å². The molecular weight excluding hydrogens is 485 g/mol. The zero-order valence-electron chi connectivity index (χ0n) is 19.0. The summed E-state index contributed by atoms with van der Waals surface area (Å²) in [6.45, 7) is 18.4. The van der Waals surface area contributed by atoms with Crippen LogP contribution in [0.3, 0.4) is 0 Å². The molecule has 1 fully saturated rings. The lowest BCUT2D eigenvalue weighted by Crippen LogP contribution is -2.52. The van der Waals surface area contributed by atoms with Gasteiger partial charge in [-0.05, 0) is 40.0 Å². The van der Waals surface area contributed by atoms with Gasteiger partial charge in [0, 0.05) is 37.8 Å². The Morgan fingerprint density at radius 1 is 1.21 bits per heavy atom. The lowest BCUT2D eigenvalue weighted by Gasteiger charge is -2.40. The lowest BCUT2D eigenvalue weighted by atomic mass is 10.0. The Kier molecular flexibility index (Phi) is 14.6. The van der Waals surface area contributed by atoms with Crippen molar-refractivity contribution in [2.45, 2.75) is 59.5 Å².